The van der Waals surface area contributed by atoms with E-state index in [4.69, 9.17) is 21.1 Å². The summed E-state index contributed by atoms with van der Waals surface area (Å²) in [6.45, 7) is 10.6. The van der Waals surface area contributed by atoms with Gasteiger partial charge in [0.1, 0.15) is 17.2 Å². The SMILES string of the molecule is CCOc1c(/C(C)=N/NC(=O)OC(C)(C)C)cc(Cl)c(F)c1C. The zero-order valence-electron chi connectivity index (χ0n) is 14.2. The monoisotopic (exact) mass is 344 g/mol. The molecular formula is C16H22ClFN2O3. The second-order valence-electron chi connectivity index (χ2n) is 5.92. The van der Waals surface area contributed by atoms with Crippen molar-refractivity contribution in [1.82, 2.24) is 5.43 Å². The summed E-state index contributed by atoms with van der Waals surface area (Å²) in [6, 6.07) is 1.42. The van der Waals surface area contributed by atoms with Crippen LogP contribution < -0.4 is 10.2 Å². The van der Waals surface area contributed by atoms with Crippen LogP contribution in [0.2, 0.25) is 5.02 Å². The fourth-order valence-corrected chi connectivity index (χ4v) is 2.08. The van der Waals surface area contributed by atoms with E-state index in [0.717, 1.165) is 0 Å². The summed E-state index contributed by atoms with van der Waals surface area (Å²) in [5.74, 6) is -0.187. The van der Waals surface area contributed by atoms with Crippen LogP contribution in [-0.4, -0.2) is 24.0 Å². The molecule has 0 aliphatic heterocycles. The normalized spacial score (nSPS) is 12.1. The molecule has 1 N–H and O–H groups in total. The molecule has 5 nitrogen and oxygen atoms in total. The van der Waals surface area contributed by atoms with Gasteiger partial charge in [-0.2, -0.15) is 5.10 Å². The summed E-state index contributed by atoms with van der Waals surface area (Å²) in [6.07, 6.45) is -0.681. The van der Waals surface area contributed by atoms with Gasteiger partial charge < -0.3 is 9.47 Å². The molecule has 0 saturated heterocycles. The first-order valence-electron chi connectivity index (χ1n) is 7.21. The van der Waals surface area contributed by atoms with E-state index in [0.29, 0.717) is 29.2 Å². The molecule has 0 aliphatic rings. The molecule has 0 unspecified atom stereocenters. The maximum absolute atomic E-state index is 13.9. The molecule has 0 fully saturated rings. The van der Waals surface area contributed by atoms with Crippen molar-refractivity contribution in [2.75, 3.05) is 6.61 Å². The molecule has 128 valence electrons. The third-order valence-electron chi connectivity index (χ3n) is 2.79. The lowest BCUT2D eigenvalue weighted by Crippen LogP contribution is -2.30. The quantitative estimate of drug-likeness (QED) is 0.649. The zero-order chi connectivity index (χ0) is 17.8. The Morgan fingerprint density at radius 2 is 2.04 bits per heavy atom. The highest BCUT2D eigenvalue weighted by atomic mass is 35.5. The minimum Gasteiger partial charge on any atom is -0.493 e. The van der Waals surface area contributed by atoms with Gasteiger partial charge in [-0.1, -0.05) is 11.6 Å². The van der Waals surface area contributed by atoms with Gasteiger partial charge >= 0.3 is 6.09 Å². The third kappa shape index (κ3) is 5.39. The van der Waals surface area contributed by atoms with E-state index in [2.05, 4.69) is 10.5 Å². The molecule has 0 aromatic heterocycles. The van der Waals surface area contributed by atoms with Crippen molar-refractivity contribution in [3.63, 3.8) is 0 Å². The molecule has 0 saturated carbocycles. The summed E-state index contributed by atoms with van der Waals surface area (Å²) in [4.78, 5) is 11.6. The number of hydrazone groups is 1. The van der Waals surface area contributed by atoms with Crippen molar-refractivity contribution in [2.24, 2.45) is 5.10 Å². The Morgan fingerprint density at radius 1 is 1.43 bits per heavy atom. The number of rotatable bonds is 4. The van der Waals surface area contributed by atoms with Gasteiger partial charge in [-0.25, -0.2) is 14.6 Å². The lowest BCUT2D eigenvalue weighted by Gasteiger charge is -2.19. The van der Waals surface area contributed by atoms with Crippen molar-refractivity contribution in [3.8, 4) is 5.75 Å². The summed E-state index contributed by atoms with van der Waals surface area (Å²) in [5.41, 5.74) is 2.89. The van der Waals surface area contributed by atoms with Crippen LogP contribution >= 0.6 is 11.6 Å². The first kappa shape index (κ1) is 19.2. The average Bonchev–Trinajstić information content (AvgIpc) is 2.43. The van der Waals surface area contributed by atoms with Crippen LogP contribution in [0.3, 0.4) is 0 Å². The van der Waals surface area contributed by atoms with Crippen molar-refractivity contribution in [2.45, 2.75) is 47.1 Å². The van der Waals surface area contributed by atoms with E-state index in [-0.39, 0.29) is 5.02 Å². The first-order chi connectivity index (χ1) is 10.6. The first-order valence-corrected chi connectivity index (χ1v) is 7.59. The lowest BCUT2D eigenvalue weighted by atomic mass is 10.1. The number of halogens is 2. The fraction of sp³-hybridized carbons (Fsp3) is 0.500. The molecule has 1 aromatic rings. The number of ether oxygens (including phenoxy) is 2. The van der Waals surface area contributed by atoms with Crippen molar-refractivity contribution >= 4 is 23.4 Å². The van der Waals surface area contributed by atoms with Crippen LogP contribution in [0.5, 0.6) is 5.75 Å². The average molecular weight is 345 g/mol. The van der Waals surface area contributed by atoms with Gasteiger partial charge in [0.15, 0.2) is 0 Å². The fourth-order valence-electron chi connectivity index (χ4n) is 1.83. The smallest absolute Gasteiger partial charge is 0.428 e. The van der Waals surface area contributed by atoms with E-state index < -0.39 is 17.5 Å². The summed E-state index contributed by atoms with van der Waals surface area (Å²) in [7, 11) is 0. The number of hydrogen-bond donors (Lipinski definition) is 1. The standard InChI is InChI=1S/C16H22ClFN2O3/c1-7-22-14-9(2)13(18)12(17)8-11(14)10(3)19-20-15(21)23-16(4,5)6/h8H,7H2,1-6H3,(H,20,21)/b19-10+. The number of carbonyl (C=O) groups is 1. The van der Waals surface area contributed by atoms with Gasteiger partial charge in [0.25, 0.3) is 0 Å². The van der Waals surface area contributed by atoms with Crippen LogP contribution in [0.4, 0.5) is 9.18 Å². The molecule has 0 spiro atoms. The molecule has 0 radical (unpaired) electrons. The van der Waals surface area contributed by atoms with Gasteiger partial charge in [-0.15, -0.1) is 0 Å². The molecule has 1 rings (SSSR count). The number of amides is 1. The Bertz CT molecular complexity index is 625. The number of benzene rings is 1. The Balaban J connectivity index is 3.09. The Morgan fingerprint density at radius 3 is 2.57 bits per heavy atom. The Labute approximate surface area is 140 Å². The van der Waals surface area contributed by atoms with Gasteiger partial charge in [0.05, 0.1) is 17.3 Å². The second kappa shape index (κ2) is 7.64. The summed E-state index contributed by atoms with van der Waals surface area (Å²) in [5, 5.41) is 3.93. The molecule has 0 atom stereocenters. The topological polar surface area (TPSA) is 59.9 Å². The van der Waals surface area contributed by atoms with E-state index in [1.807, 2.05) is 0 Å². The van der Waals surface area contributed by atoms with Gasteiger partial charge in [-0.05, 0) is 47.6 Å². The Kier molecular flexibility index (Phi) is 6.38. The highest BCUT2D eigenvalue weighted by Crippen LogP contribution is 2.31. The summed E-state index contributed by atoms with van der Waals surface area (Å²) < 4.78 is 24.5. The largest absolute Gasteiger partial charge is 0.493 e. The van der Waals surface area contributed by atoms with Gasteiger partial charge in [-0.3, -0.25) is 0 Å². The molecular weight excluding hydrogens is 323 g/mol. The third-order valence-corrected chi connectivity index (χ3v) is 3.06. The maximum Gasteiger partial charge on any atom is 0.428 e. The number of nitrogens with one attached hydrogen (secondary N) is 1. The molecule has 0 aliphatic carbocycles. The number of carbonyl (C=O) groups excluding carboxylic acids is 1. The highest BCUT2D eigenvalue weighted by Gasteiger charge is 2.19. The van der Waals surface area contributed by atoms with E-state index in [1.165, 1.54) is 6.07 Å². The van der Waals surface area contributed by atoms with Crippen molar-refractivity contribution in [1.29, 1.82) is 0 Å². The molecule has 23 heavy (non-hydrogen) atoms. The van der Waals surface area contributed by atoms with Crippen LogP contribution in [0.1, 0.15) is 45.7 Å². The van der Waals surface area contributed by atoms with Gasteiger partial charge in [0.2, 0.25) is 0 Å². The van der Waals surface area contributed by atoms with Crippen LogP contribution in [0, 0.1) is 12.7 Å². The second-order valence-corrected chi connectivity index (χ2v) is 6.33. The molecule has 7 heteroatoms. The highest BCUT2D eigenvalue weighted by molar-refractivity contribution is 6.31. The molecule has 0 bridgehead atoms. The molecule has 0 heterocycles. The van der Waals surface area contributed by atoms with Crippen LogP contribution in [-0.2, 0) is 4.74 Å². The predicted octanol–water partition coefficient (Wildman–Crippen LogP) is 4.43. The van der Waals surface area contributed by atoms with E-state index in [9.17, 15) is 9.18 Å². The predicted molar refractivity (Wildman–Crippen MR) is 88.9 cm³/mol. The van der Waals surface area contributed by atoms with Crippen molar-refractivity contribution < 1.29 is 18.7 Å². The lowest BCUT2D eigenvalue weighted by molar-refractivity contribution is 0.0529. The molecule has 1 amide bonds. The van der Waals surface area contributed by atoms with Crippen LogP contribution in [0.25, 0.3) is 0 Å². The molecule has 1 aromatic carbocycles. The zero-order valence-corrected chi connectivity index (χ0v) is 15.0. The maximum atomic E-state index is 13.9. The van der Waals surface area contributed by atoms with Gasteiger partial charge in [0, 0.05) is 11.1 Å². The Hall–Kier alpha value is -1.82. The minimum atomic E-state index is -0.681. The van der Waals surface area contributed by atoms with E-state index >= 15 is 0 Å². The minimum absolute atomic E-state index is 0.0345. The number of hydrogen-bond acceptors (Lipinski definition) is 4. The van der Waals surface area contributed by atoms with E-state index in [1.54, 1.807) is 41.5 Å². The van der Waals surface area contributed by atoms with Crippen molar-refractivity contribution in [3.05, 3.63) is 28.0 Å². The number of nitrogens with zero attached hydrogens (tertiary/aromatic N) is 1. The van der Waals surface area contributed by atoms with Crippen LogP contribution in [0.15, 0.2) is 11.2 Å². The summed E-state index contributed by atoms with van der Waals surface area (Å²) >= 11 is 5.89.